The van der Waals surface area contributed by atoms with Gasteiger partial charge in [-0.25, -0.2) is 4.98 Å². The molecule has 1 amide bonds. The zero-order chi connectivity index (χ0) is 19.3. The number of benzene rings is 1. The highest BCUT2D eigenvalue weighted by Gasteiger charge is 2.25. The highest BCUT2D eigenvalue weighted by atomic mass is 32.1. The van der Waals surface area contributed by atoms with E-state index in [4.69, 9.17) is 0 Å². The van der Waals surface area contributed by atoms with Gasteiger partial charge in [0, 0.05) is 54.7 Å². The van der Waals surface area contributed by atoms with E-state index in [0.717, 1.165) is 47.2 Å². The number of thiazole rings is 1. The molecule has 1 aliphatic rings. The number of hydrogen-bond donors (Lipinski definition) is 2. The lowest BCUT2D eigenvalue weighted by atomic mass is 10.1. The van der Waals surface area contributed by atoms with E-state index in [1.165, 1.54) is 0 Å². The number of carbonyl (C=O) groups excluding carboxylic acids is 1. The van der Waals surface area contributed by atoms with E-state index in [2.05, 4.69) is 31.6 Å². The molecule has 0 aliphatic carbocycles. The lowest BCUT2D eigenvalue weighted by Gasteiger charge is -2.35. The average Bonchev–Trinajstić information content (AvgIpc) is 3.16. The fourth-order valence-corrected chi connectivity index (χ4v) is 4.10. The van der Waals surface area contributed by atoms with Gasteiger partial charge in [0.25, 0.3) is 0 Å². The summed E-state index contributed by atoms with van der Waals surface area (Å²) >= 11 is 1.62. The Morgan fingerprint density at radius 1 is 1.36 bits per heavy atom. The third kappa shape index (κ3) is 4.44. The van der Waals surface area contributed by atoms with Gasteiger partial charge in [-0.1, -0.05) is 18.2 Å². The summed E-state index contributed by atoms with van der Waals surface area (Å²) in [6.45, 7) is 4.86. The first-order chi connectivity index (χ1) is 13.7. The molecule has 4 rings (SSSR count). The molecule has 3 aromatic rings. The van der Waals surface area contributed by atoms with Crippen molar-refractivity contribution >= 4 is 22.9 Å². The first kappa shape index (κ1) is 18.7. The van der Waals surface area contributed by atoms with Crippen LogP contribution in [0.4, 0.5) is 5.69 Å². The Bertz CT molecular complexity index is 943. The molecule has 28 heavy (non-hydrogen) atoms. The van der Waals surface area contributed by atoms with Crippen LogP contribution in [0.25, 0.3) is 11.3 Å². The average molecular weight is 394 g/mol. The minimum Gasteiger partial charge on any atom is -0.325 e. The summed E-state index contributed by atoms with van der Waals surface area (Å²) in [4.78, 5) is 23.7. The van der Waals surface area contributed by atoms with Crippen molar-refractivity contribution in [2.45, 2.75) is 13.0 Å². The Balaban J connectivity index is 1.43. The first-order valence-corrected chi connectivity index (χ1v) is 10.2. The number of aryl methyl sites for hydroxylation is 1. The molecule has 3 heterocycles. The Hall–Kier alpha value is -2.61. The molecular weight excluding hydrogens is 370 g/mol. The molecule has 1 atom stereocenters. The van der Waals surface area contributed by atoms with Gasteiger partial charge < -0.3 is 10.6 Å². The first-order valence-electron chi connectivity index (χ1n) is 9.36. The number of piperazine rings is 1. The molecule has 2 aromatic heterocycles. The van der Waals surface area contributed by atoms with Crippen LogP contribution in [-0.2, 0) is 4.79 Å². The zero-order valence-corrected chi connectivity index (χ0v) is 16.6. The topological polar surface area (TPSA) is 70.2 Å². The van der Waals surface area contributed by atoms with Gasteiger partial charge in [0.2, 0.25) is 5.91 Å². The third-order valence-corrected chi connectivity index (χ3v) is 5.60. The second-order valence-electron chi connectivity index (χ2n) is 6.86. The van der Waals surface area contributed by atoms with Gasteiger partial charge in [-0.2, -0.15) is 0 Å². The molecule has 7 heteroatoms. The summed E-state index contributed by atoms with van der Waals surface area (Å²) in [6, 6.07) is 12.0. The maximum atomic E-state index is 12.7. The van der Waals surface area contributed by atoms with E-state index >= 15 is 0 Å². The van der Waals surface area contributed by atoms with Crippen LogP contribution in [0.2, 0.25) is 0 Å². The smallest absolute Gasteiger partial charge is 0.238 e. The summed E-state index contributed by atoms with van der Waals surface area (Å²) in [5.74, 6) is -0.0117. The lowest BCUT2D eigenvalue weighted by Crippen LogP contribution is -2.48. The summed E-state index contributed by atoms with van der Waals surface area (Å²) in [7, 11) is 0. The van der Waals surface area contributed by atoms with Crippen LogP contribution in [0.15, 0.2) is 54.2 Å². The Morgan fingerprint density at radius 2 is 2.29 bits per heavy atom. The van der Waals surface area contributed by atoms with Crippen LogP contribution >= 0.6 is 11.3 Å². The van der Waals surface area contributed by atoms with Gasteiger partial charge in [-0.3, -0.25) is 14.7 Å². The molecule has 1 aliphatic heterocycles. The summed E-state index contributed by atoms with van der Waals surface area (Å²) in [5, 5.41) is 9.51. The fraction of sp³-hybridized carbons (Fsp3) is 0.286. The molecule has 0 spiro atoms. The number of aromatic nitrogens is 2. The number of anilines is 1. The van der Waals surface area contributed by atoms with Crippen LogP contribution in [0, 0.1) is 6.92 Å². The minimum absolute atomic E-state index is 0.0117. The van der Waals surface area contributed by atoms with Crippen molar-refractivity contribution in [3.05, 3.63) is 64.7 Å². The maximum Gasteiger partial charge on any atom is 0.238 e. The normalized spacial score (nSPS) is 17.4. The van der Waals surface area contributed by atoms with E-state index in [1.54, 1.807) is 17.5 Å². The van der Waals surface area contributed by atoms with Crippen LogP contribution in [-0.4, -0.2) is 47.0 Å². The van der Waals surface area contributed by atoms with Crippen molar-refractivity contribution < 1.29 is 4.79 Å². The Kier molecular flexibility index (Phi) is 5.76. The zero-order valence-electron chi connectivity index (χ0n) is 15.8. The van der Waals surface area contributed by atoms with Crippen LogP contribution < -0.4 is 10.6 Å². The van der Waals surface area contributed by atoms with Gasteiger partial charge >= 0.3 is 0 Å². The molecule has 1 unspecified atom stereocenters. The summed E-state index contributed by atoms with van der Waals surface area (Å²) in [5.41, 5.74) is 3.87. The van der Waals surface area contributed by atoms with Crippen molar-refractivity contribution in [1.29, 1.82) is 0 Å². The van der Waals surface area contributed by atoms with Gasteiger partial charge in [-0.05, 0) is 30.7 Å². The van der Waals surface area contributed by atoms with Crippen LogP contribution in [0.1, 0.15) is 16.6 Å². The number of amides is 1. The minimum atomic E-state index is -0.0117. The number of carbonyl (C=O) groups is 1. The van der Waals surface area contributed by atoms with E-state index in [1.807, 2.05) is 48.8 Å². The number of nitrogens with zero attached hydrogens (tertiary/aromatic N) is 3. The molecule has 6 nitrogen and oxygen atoms in total. The molecule has 1 aromatic carbocycles. The largest absolute Gasteiger partial charge is 0.325 e. The van der Waals surface area contributed by atoms with Crippen LogP contribution in [0.5, 0.6) is 0 Å². The number of hydrogen-bond acceptors (Lipinski definition) is 6. The SMILES string of the molecule is Cc1nc(-c2cccc(NC(=O)CN3CCNCC3c3cccnc3)c2)cs1. The highest BCUT2D eigenvalue weighted by molar-refractivity contribution is 7.09. The van der Waals surface area contributed by atoms with E-state index in [-0.39, 0.29) is 11.9 Å². The standard InChI is InChI=1S/C21H23N5OS/c1-15-24-19(14-28-15)16-4-2-6-18(10-16)25-21(27)13-26-9-8-23-12-20(26)17-5-3-7-22-11-17/h2-7,10-11,14,20,23H,8-9,12-13H2,1H3,(H,25,27). The third-order valence-electron chi connectivity index (χ3n) is 4.83. The van der Waals surface area contributed by atoms with Crippen molar-refractivity contribution in [3.8, 4) is 11.3 Å². The van der Waals surface area contributed by atoms with Crippen LogP contribution in [0.3, 0.4) is 0 Å². The molecule has 2 N–H and O–H groups in total. The molecule has 1 saturated heterocycles. The van der Waals surface area contributed by atoms with E-state index in [0.29, 0.717) is 6.54 Å². The predicted octanol–water partition coefficient (Wildman–Crippen LogP) is 3.10. The van der Waals surface area contributed by atoms with Gasteiger partial charge in [0.15, 0.2) is 0 Å². The van der Waals surface area contributed by atoms with Crippen molar-refractivity contribution in [3.63, 3.8) is 0 Å². The second-order valence-corrected chi connectivity index (χ2v) is 7.92. The molecule has 0 bridgehead atoms. The molecule has 0 saturated carbocycles. The Labute approximate surface area is 168 Å². The highest BCUT2D eigenvalue weighted by Crippen LogP contribution is 2.25. The van der Waals surface area contributed by atoms with Crippen molar-refractivity contribution in [2.75, 3.05) is 31.5 Å². The van der Waals surface area contributed by atoms with Gasteiger partial charge in [-0.15, -0.1) is 11.3 Å². The predicted molar refractivity (Wildman–Crippen MR) is 112 cm³/mol. The number of pyridine rings is 1. The summed E-state index contributed by atoms with van der Waals surface area (Å²) in [6.07, 6.45) is 3.65. The molecule has 1 fully saturated rings. The molecular formula is C21H23N5OS. The second kappa shape index (κ2) is 8.60. The van der Waals surface area contributed by atoms with Gasteiger partial charge in [0.1, 0.15) is 0 Å². The number of rotatable bonds is 5. The van der Waals surface area contributed by atoms with Crippen molar-refractivity contribution in [1.82, 2.24) is 20.2 Å². The fourth-order valence-electron chi connectivity index (χ4n) is 3.47. The monoisotopic (exact) mass is 393 g/mol. The van der Waals surface area contributed by atoms with Crippen molar-refractivity contribution in [2.24, 2.45) is 0 Å². The van der Waals surface area contributed by atoms with E-state index in [9.17, 15) is 4.79 Å². The lowest BCUT2D eigenvalue weighted by molar-refractivity contribution is -0.118. The maximum absolute atomic E-state index is 12.7. The molecule has 0 radical (unpaired) electrons. The Morgan fingerprint density at radius 3 is 3.07 bits per heavy atom. The summed E-state index contributed by atoms with van der Waals surface area (Å²) < 4.78 is 0. The van der Waals surface area contributed by atoms with Gasteiger partial charge in [0.05, 0.1) is 17.2 Å². The quantitative estimate of drug-likeness (QED) is 0.697. The van der Waals surface area contributed by atoms with E-state index < -0.39 is 0 Å². The number of nitrogens with one attached hydrogen (secondary N) is 2. The molecule has 144 valence electrons.